The van der Waals surface area contributed by atoms with Gasteiger partial charge >= 0.3 is 0 Å². The molecule has 7 nitrogen and oxygen atoms in total. The van der Waals surface area contributed by atoms with Crippen LogP contribution in [0.2, 0.25) is 0 Å². The Morgan fingerprint density at radius 3 is 2.34 bits per heavy atom. The quantitative estimate of drug-likeness (QED) is 0.232. The lowest BCUT2D eigenvalue weighted by Crippen LogP contribution is -2.55. The predicted molar refractivity (Wildman–Crippen MR) is 156 cm³/mol. The van der Waals surface area contributed by atoms with Crippen molar-refractivity contribution in [1.29, 1.82) is 0 Å². The van der Waals surface area contributed by atoms with Crippen molar-refractivity contribution in [3.05, 3.63) is 155 Å². The van der Waals surface area contributed by atoms with Crippen molar-refractivity contribution in [2.45, 2.75) is 12.6 Å². The second kappa shape index (κ2) is 12.4. The van der Waals surface area contributed by atoms with E-state index in [1.807, 2.05) is 59.6 Å². The molecule has 8 heteroatoms. The number of carbonyl (C=O) groups is 1. The molecule has 0 N–H and O–H groups in total. The lowest BCUT2D eigenvalue weighted by atomic mass is 9.97. The van der Waals surface area contributed by atoms with E-state index in [4.69, 9.17) is 9.47 Å². The minimum absolute atomic E-state index is 0.0471. The molecule has 0 aliphatic carbocycles. The lowest BCUT2D eigenvalue weighted by molar-refractivity contribution is 0.0698. The molecule has 41 heavy (non-hydrogen) atoms. The molecule has 0 spiro atoms. The summed E-state index contributed by atoms with van der Waals surface area (Å²) in [5, 5.41) is 1.93. The Morgan fingerprint density at radius 1 is 0.878 bits per heavy atom. The van der Waals surface area contributed by atoms with E-state index in [1.54, 1.807) is 40.1 Å². The number of nitrogens with zero attached hydrogens (tertiary/aromatic N) is 3. The van der Waals surface area contributed by atoms with Crippen molar-refractivity contribution in [3.8, 4) is 11.5 Å². The summed E-state index contributed by atoms with van der Waals surface area (Å²) in [7, 11) is 0. The Hall–Kier alpha value is -5.11. The number of hydrogen-bond acceptors (Lipinski definition) is 5. The van der Waals surface area contributed by atoms with E-state index in [9.17, 15) is 14.0 Å². The number of rotatable bonds is 11. The lowest BCUT2D eigenvalue weighted by Gasteiger charge is -2.44. The van der Waals surface area contributed by atoms with Gasteiger partial charge in [-0.05, 0) is 29.3 Å². The van der Waals surface area contributed by atoms with E-state index >= 15 is 0 Å². The smallest absolute Gasteiger partial charge is 0.278 e. The normalized spacial score (nSPS) is 13.3. The summed E-state index contributed by atoms with van der Waals surface area (Å²) in [5.41, 5.74) is 2.08. The minimum atomic E-state index is -0.541. The summed E-state index contributed by atoms with van der Waals surface area (Å²) in [4.78, 5) is 28.5. The van der Waals surface area contributed by atoms with Crippen molar-refractivity contribution in [3.63, 3.8) is 0 Å². The van der Waals surface area contributed by atoms with Crippen LogP contribution in [0.1, 0.15) is 33.2 Å². The van der Waals surface area contributed by atoms with Crippen LogP contribution >= 0.6 is 0 Å². The average molecular weight is 552 g/mol. The third-order valence-corrected chi connectivity index (χ3v) is 6.75. The number of carbonyl (C=O) groups excluding carboxylic acids is 1. The molecule has 2 heterocycles. The first-order valence-electron chi connectivity index (χ1n) is 13.2. The maximum absolute atomic E-state index is 14.0. The summed E-state index contributed by atoms with van der Waals surface area (Å²) in [5.74, 6) is -0.173. The second-order valence-corrected chi connectivity index (χ2v) is 9.47. The molecule has 0 saturated carbocycles. The van der Waals surface area contributed by atoms with Crippen molar-refractivity contribution in [2.75, 3.05) is 24.8 Å². The third kappa shape index (κ3) is 5.77. The van der Waals surface area contributed by atoms with Gasteiger partial charge in [-0.1, -0.05) is 79.4 Å². The SMILES string of the molecule is C=CCOc1ccccc1C(c1ccc(F)cc1)N1CN(CC=C)C(=O)c2c(OCc3ccccc3)c(=O)ccn21. The number of benzene rings is 3. The maximum Gasteiger partial charge on any atom is 0.278 e. The molecule has 1 aromatic heterocycles. The average Bonchev–Trinajstić information content (AvgIpc) is 2.99. The zero-order valence-corrected chi connectivity index (χ0v) is 22.5. The van der Waals surface area contributed by atoms with E-state index < -0.39 is 11.5 Å². The second-order valence-electron chi connectivity index (χ2n) is 9.47. The molecule has 4 aromatic rings. The molecule has 0 radical (unpaired) electrons. The number of fused-ring (bicyclic) bond motifs is 1. The summed E-state index contributed by atoms with van der Waals surface area (Å²) in [6.07, 6.45) is 4.86. The van der Waals surface area contributed by atoms with Crippen LogP contribution in [-0.4, -0.2) is 35.3 Å². The summed E-state index contributed by atoms with van der Waals surface area (Å²) < 4.78 is 27.7. The number of aromatic nitrogens is 1. The van der Waals surface area contributed by atoms with Gasteiger partial charge in [-0.3, -0.25) is 19.3 Å². The van der Waals surface area contributed by atoms with Crippen molar-refractivity contribution in [1.82, 2.24) is 9.58 Å². The topological polar surface area (TPSA) is 64.0 Å². The molecule has 1 aliphatic heterocycles. The highest BCUT2D eigenvalue weighted by Gasteiger charge is 2.37. The van der Waals surface area contributed by atoms with Gasteiger partial charge in [-0.2, -0.15) is 0 Å². The standard InChI is InChI=1S/C33H30FN3O4/c1-3-19-35-23-37(30(25-14-16-26(34)17-15-25)27-12-8-9-13-29(27)40-21-4-2)36-20-18-28(38)32(31(36)33(35)39)41-22-24-10-6-5-7-11-24/h3-18,20,30H,1-2,19,21-23H2. The van der Waals surface area contributed by atoms with Gasteiger partial charge in [0.15, 0.2) is 11.4 Å². The summed E-state index contributed by atoms with van der Waals surface area (Å²) >= 11 is 0. The van der Waals surface area contributed by atoms with Gasteiger partial charge in [0.25, 0.3) is 5.91 Å². The Balaban J connectivity index is 1.69. The number of hydrogen-bond donors (Lipinski definition) is 0. The van der Waals surface area contributed by atoms with Gasteiger partial charge in [-0.25, -0.2) is 4.39 Å². The number of halogens is 1. The van der Waals surface area contributed by atoms with Crippen LogP contribution in [0.15, 0.2) is 121 Å². The van der Waals surface area contributed by atoms with Gasteiger partial charge in [0.05, 0.1) is 0 Å². The van der Waals surface area contributed by atoms with Crippen molar-refractivity contribution in [2.24, 2.45) is 0 Å². The molecule has 0 saturated heterocycles. The molecular weight excluding hydrogens is 521 g/mol. The molecule has 1 amide bonds. The Kier molecular flexibility index (Phi) is 8.29. The van der Waals surface area contributed by atoms with Crippen LogP contribution in [0.5, 0.6) is 11.5 Å². The fraction of sp³-hybridized carbons (Fsp3) is 0.152. The zero-order valence-electron chi connectivity index (χ0n) is 22.5. The molecule has 5 rings (SSSR count). The Labute approximate surface area is 238 Å². The van der Waals surface area contributed by atoms with Gasteiger partial charge in [0.1, 0.15) is 37.5 Å². The van der Waals surface area contributed by atoms with Crippen LogP contribution in [0, 0.1) is 5.82 Å². The number of para-hydroxylation sites is 1. The molecule has 0 bridgehead atoms. The van der Waals surface area contributed by atoms with E-state index in [0.717, 1.165) is 16.7 Å². The highest BCUT2D eigenvalue weighted by atomic mass is 19.1. The molecule has 208 valence electrons. The first-order valence-corrected chi connectivity index (χ1v) is 13.2. The third-order valence-electron chi connectivity index (χ3n) is 6.75. The maximum atomic E-state index is 14.0. The van der Waals surface area contributed by atoms with E-state index in [0.29, 0.717) is 5.75 Å². The van der Waals surface area contributed by atoms with E-state index in [1.165, 1.54) is 18.2 Å². The van der Waals surface area contributed by atoms with Crippen LogP contribution in [0.4, 0.5) is 4.39 Å². The fourth-order valence-corrected chi connectivity index (χ4v) is 4.89. The van der Waals surface area contributed by atoms with Gasteiger partial charge < -0.3 is 14.4 Å². The van der Waals surface area contributed by atoms with Crippen molar-refractivity contribution < 1.29 is 18.7 Å². The Bertz CT molecular complexity index is 1600. The number of ether oxygens (including phenoxy) is 2. The largest absolute Gasteiger partial charge is 0.489 e. The van der Waals surface area contributed by atoms with Crippen LogP contribution < -0.4 is 19.9 Å². The van der Waals surface area contributed by atoms with E-state index in [-0.39, 0.29) is 49.6 Å². The monoisotopic (exact) mass is 551 g/mol. The van der Waals surface area contributed by atoms with Crippen LogP contribution in [0.25, 0.3) is 0 Å². The molecule has 1 aliphatic rings. The van der Waals surface area contributed by atoms with Crippen LogP contribution in [0.3, 0.4) is 0 Å². The zero-order chi connectivity index (χ0) is 28.8. The molecule has 0 fully saturated rings. The summed E-state index contributed by atoms with van der Waals surface area (Å²) in [6, 6.07) is 24.0. The molecule has 3 aromatic carbocycles. The molecule has 1 unspecified atom stereocenters. The van der Waals surface area contributed by atoms with Crippen LogP contribution in [-0.2, 0) is 6.61 Å². The summed E-state index contributed by atoms with van der Waals surface area (Å²) in [6.45, 7) is 8.36. The number of pyridine rings is 1. The van der Waals surface area contributed by atoms with Crippen molar-refractivity contribution >= 4 is 5.91 Å². The van der Waals surface area contributed by atoms with E-state index in [2.05, 4.69) is 13.2 Å². The van der Waals surface area contributed by atoms with Gasteiger partial charge in [-0.15, -0.1) is 6.58 Å². The fourth-order valence-electron chi connectivity index (χ4n) is 4.89. The first kappa shape index (κ1) is 27.5. The predicted octanol–water partition coefficient (Wildman–Crippen LogP) is 5.46. The number of amides is 1. The molecule has 1 atom stereocenters. The van der Waals surface area contributed by atoms with Gasteiger partial charge in [0, 0.05) is 24.4 Å². The highest BCUT2D eigenvalue weighted by Crippen LogP contribution is 2.37. The van der Waals surface area contributed by atoms with Gasteiger partial charge in [0.2, 0.25) is 5.43 Å². The minimum Gasteiger partial charge on any atom is -0.489 e. The molecular formula is C33H30FN3O4. The Morgan fingerprint density at radius 2 is 1.61 bits per heavy atom. The highest BCUT2D eigenvalue weighted by molar-refractivity contribution is 5.96. The first-order chi connectivity index (χ1) is 20.0.